The fraction of sp³-hybridized carbons (Fsp3) is 0.300. The largest absolute Gasteiger partial charge is 0.489 e. The number of pyridine rings is 2. The molecule has 1 amide bonds. The van der Waals surface area contributed by atoms with Gasteiger partial charge in [-0.15, -0.1) is 0 Å². The van der Waals surface area contributed by atoms with Gasteiger partial charge < -0.3 is 14.5 Å². The van der Waals surface area contributed by atoms with E-state index in [0.29, 0.717) is 42.2 Å². The third-order valence-corrected chi connectivity index (χ3v) is 7.97. The van der Waals surface area contributed by atoms with Crippen molar-refractivity contribution in [3.8, 4) is 22.7 Å². The van der Waals surface area contributed by atoms with E-state index in [2.05, 4.69) is 16.5 Å². The first-order valence-electron chi connectivity index (χ1n) is 13.4. The van der Waals surface area contributed by atoms with E-state index in [0.717, 1.165) is 5.56 Å². The van der Waals surface area contributed by atoms with E-state index in [9.17, 15) is 9.59 Å². The highest BCUT2D eigenvalue weighted by molar-refractivity contribution is 6.36. The summed E-state index contributed by atoms with van der Waals surface area (Å²) in [4.78, 5) is 44.1. The molecule has 2 aliphatic heterocycles. The Labute approximate surface area is 240 Å². The minimum atomic E-state index is -0.559. The molecular formula is C30H28ClFN6O3. The summed E-state index contributed by atoms with van der Waals surface area (Å²) in [6.45, 7) is 10.8. The molecule has 3 aromatic heterocycles. The van der Waals surface area contributed by atoms with Crippen LogP contribution in [0.4, 0.5) is 10.2 Å². The van der Waals surface area contributed by atoms with Crippen LogP contribution in [-0.4, -0.2) is 62.6 Å². The van der Waals surface area contributed by atoms with Crippen molar-refractivity contribution in [3.05, 3.63) is 81.8 Å². The maximum absolute atomic E-state index is 15.1. The highest BCUT2D eigenvalue weighted by Crippen LogP contribution is 2.45. The van der Waals surface area contributed by atoms with Crippen LogP contribution in [0.15, 0.2) is 54.0 Å². The van der Waals surface area contributed by atoms with E-state index >= 15 is 4.39 Å². The number of anilines is 1. The number of piperazine rings is 1. The van der Waals surface area contributed by atoms with Crippen molar-refractivity contribution in [2.75, 3.05) is 31.1 Å². The number of carbonyl (C=O) groups excluding carboxylic acids is 1. The van der Waals surface area contributed by atoms with Crippen molar-refractivity contribution < 1.29 is 13.9 Å². The van der Waals surface area contributed by atoms with E-state index < -0.39 is 11.5 Å². The molecule has 1 fully saturated rings. The first kappa shape index (κ1) is 26.9. The number of rotatable bonds is 4. The van der Waals surface area contributed by atoms with Crippen molar-refractivity contribution in [3.63, 3.8) is 0 Å². The third kappa shape index (κ3) is 4.33. The monoisotopic (exact) mass is 574 g/mol. The zero-order valence-electron chi connectivity index (χ0n) is 22.9. The molecule has 0 spiro atoms. The molecule has 1 saturated heterocycles. The molecule has 6 rings (SSSR count). The van der Waals surface area contributed by atoms with Gasteiger partial charge in [-0.2, -0.15) is 4.98 Å². The number of aromatic nitrogens is 4. The molecule has 9 nitrogen and oxygen atoms in total. The quantitative estimate of drug-likeness (QED) is 0.327. The summed E-state index contributed by atoms with van der Waals surface area (Å²) in [5, 5.41) is 0.556. The number of aryl methyl sites for hydroxylation is 1. The van der Waals surface area contributed by atoms with Crippen molar-refractivity contribution in [2.45, 2.75) is 32.7 Å². The predicted octanol–water partition coefficient (Wildman–Crippen LogP) is 4.66. The van der Waals surface area contributed by atoms with Gasteiger partial charge in [0.15, 0.2) is 11.4 Å². The first-order valence-corrected chi connectivity index (χ1v) is 13.8. The highest BCUT2D eigenvalue weighted by atomic mass is 35.5. The number of ether oxygens (including phenoxy) is 1. The van der Waals surface area contributed by atoms with Gasteiger partial charge in [0.2, 0.25) is 5.91 Å². The number of fused-ring (bicyclic) bond motifs is 2. The van der Waals surface area contributed by atoms with E-state index in [-0.39, 0.29) is 52.2 Å². The van der Waals surface area contributed by atoms with Gasteiger partial charge in [-0.1, -0.05) is 44.2 Å². The average molecular weight is 575 g/mol. The number of halogens is 2. The Bertz CT molecular complexity index is 1790. The van der Waals surface area contributed by atoms with Crippen LogP contribution in [0.1, 0.15) is 31.0 Å². The Morgan fingerprint density at radius 2 is 2.00 bits per heavy atom. The molecule has 2 aliphatic rings. The van der Waals surface area contributed by atoms with Crippen molar-refractivity contribution in [1.29, 1.82) is 0 Å². The lowest BCUT2D eigenvalue weighted by atomic mass is 10.0. The fourth-order valence-corrected chi connectivity index (χ4v) is 5.92. The Morgan fingerprint density at radius 3 is 2.73 bits per heavy atom. The van der Waals surface area contributed by atoms with Crippen LogP contribution in [0.5, 0.6) is 5.75 Å². The molecule has 0 saturated carbocycles. The number of hydrogen-bond acceptors (Lipinski definition) is 7. The Hall–Kier alpha value is -4.31. The molecule has 0 bridgehead atoms. The van der Waals surface area contributed by atoms with E-state index in [1.807, 2.05) is 31.7 Å². The fourth-order valence-electron chi connectivity index (χ4n) is 5.63. The number of amides is 1. The zero-order valence-corrected chi connectivity index (χ0v) is 23.7. The van der Waals surface area contributed by atoms with Crippen LogP contribution in [0.3, 0.4) is 0 Å². The maximum atomic E-state index is 15.1. The summed E-state index contributed by atoms with van der Waals surface area (Å²) in [6, 6.07) is 7.69. The summed E-state index contributed by atoms with van der Waals surface area (Å²) in [5.41, 5.74) is 2.06. The second-order valence-electron chi connectivity index (χ2n) is 10.5. The van der Waals surface area contributed by atoms with Gasteiger partial charge in [-0.25, -0.2) is 18.7 Å². The molecule has 1 unspecified atom stereocenters. The van der Waals surface area contributed by atoms with Crippen LogP contribution in [0.25, 0.3) is 28.0 Å². The van der Waals surface area contributed by atoms with Gasteiger partial charge >= 0.3 is 5.69 Å². The minimum Gasteiger partial charge on any atom is -0.489 e. The second kappa shape index (κ2) is 10.3. The van der Waals surface area contributed by atoms with Crippen LogP contribution in [0.2, 0.25) is 5.02 Å². The SMILES string of the molecule is C=CC(=O)N1CCN2c3nc(=O)n(-c4c(C)ccnc4C(C)C)c4nc(-c5ccccc5F)c(Cl)c(c34)OCC2C1. The topological polar surface area (TPSA) is 93.5 Å². The van der Waals surface area contributed by atoms with Crippen LogP contribution < -0.4 is 15.3 Å². The van der Waals surface area contributed by atoms with Gasteiger partial charge in [0.1, 0.15) is 28.7 Å². The molecule has 1 atom stereocenters. The summed E-state index contributed by atoms with van der Waals surface area (Å²) >= 11 is 6.94. The van der Waals surface area contributed by atoms with Crippen LogP contribution in [0, 0.1) is 12.7 Å². The zero-order chi connectivity index (χ0) is 29.0. The average Bonchev–Trinajstić information content (AvgIpc) is 3.12. The summed E-state index contributed by atoms with van der Waals surface area (Å²) in [7, 11) is 0. The predicted molar refractivity (Wildman–Crippen MR) is 156 cm³/mol. The van der Waals surface area contributed by atoms with E-state index in [1.54, 1.807) is 29.3 Å². The van der Waals surface area contributed by atoms with Gasteiger partial charge in [0.25, 0.3) is 0 Å². The molecule has 41 heavy (non-hydrogen) atoms. The van der Waals surface area contributed by atoms with Gasteiger partial charge in [-0.3, -0.25) is 9.78 Å². The molecule has 1 aromatic carbocycles. The standard InChI is InChI=1S/C30H28ClFN6O3/c1-5-21(39)36-12-13-37-18(14-36)15-41-27-22-28(37)35-30(40)38(26-17(4)10-11-33-24(26)16(2)3)29(22)34-25(23(27)31)19-8-6-7-9-20(19)32/h5-11,16,18H,1,12-15H2,2-4H3. The van der Waals surface area contributed by atoms with E-state index in [4.69, 9.17) is 21.3 Å². The summed E-state index contributed by atoms with van der Waals surface area (Å²) in [5.74, 6) is -0.0890. The lowest BCUT2D eigenvalue weighted by Crippen LogP contribution is -2.56. The van der Waals surface area contributed by atoms with Crippen molar-refractivity contribution in [1.82, 2.24) is 24.4 Å². The lowest BCUT2D eigenvalue weighted by Gasteiger charge is -2.40. The minimum absolute atomic E-state index is 0.0175. The lowest BCUT2D eigenvalue weighted by molar-refractivity contribution is -0.126. The molecule has 11 heteroatoms. The normalized spacial score (nSPS) is 16.4. The number of benzene rings is 1. The molecule has 0 radical (unpaired) electrons. The first-order chi connectivity index (χ1) is 19.7. The number of nitrogens with zero attached hydrogens (tertiary/aromatic N) is 6. The second-order valence-corrected chi connectivity index (χ2v) is 10.9. The molecule has 4 aromatic rings. The molecule has 0 aliphatic carbocycles. The van der Waals surface area contributed by atoms with Gasteiger partial charge in [-0.05, 0) is 42.7 Å². The summed E-state index contributed by atoms with van der Waals surface area (Å²) < 4.78 is 22.9. The Morgan fingerprint density at radius 1 is 1.22 bits per heavy atom. The number of hydrogen-bond donors (Lipinski definition) is 0. The van der Waals surface area contributed by atoms with Crippen LogP contribution in [-0.2, 0) is 4.79 Å². The highest BCUT2D eigenvalue weighted by Gasteiger charge is 2.37. The number of carbonyl (C=O) groups is 1. The Balaban J connectivity index is 1.70. The third-order valence-electron chi connectivity index (χ3n) is 7.62. The molecule has 0 N–H and O–H groups in total. The summed E-state index contributed by atoms with van der Waals surface area (Å²) in [6.07, 6.45) is 2.99. The molecule has 5 heterocycles. The van der Waals surface area contributed by atoms with E-state index in [1.165, 1.54) is 16.7 Å². The van der Waals surface area contributed by atoms with Gasteiger partial charge in [0, 0.05) is 31.4 Å². The van der Waals surface area contributed by atoms with Crippen LogP contribution >= 0.6 is 11.6 Å². The smallest absolute Gasteiger partial charge is 0.355 e. The molecular weight excluding hydrogens is 547 g/mol. The maximum Gasteiger partial charge on any atom is 0.355 e. The Kier molecular flexibility index (Phi) is 6.73. The van der Waals surface area contributed by atoms with Crippen molar-refractivity contribution >= 4 is 34.4 Å². The van der Waals surface area contributed by atoms with Gasteiger partial charge in [0.05, 0.1) is 23.1 Å². The molecule has 210 valence electrons. The van der Waals surface area contributed by atoms with Crippen molar-refractivity contribution in [2.24, 2.45) is 0 Å².